The van der Waals surface area contributed by atoms with Crippen LogP contribution in [-0.2, 0) is 11.2 Å². The number of methoxy groups -OCH3 is 1. The molecule has 0 aliphatic heterocycles. The molecule has 0 bridgehead atoms. The lowest BCUT2D eigenvalue weighted by atomic mass is 10.0. The number of benzene rings is 1. The van der Waals surface area contributed by atoms with Gasteiger partial charge >= 0.3 is 11.9 Å². The van der Waals surface area contributed by atoms with E-state index < -0.39 is 11.9 Å². The fraction of sp³-hybridized carbons (Fsp3) is 0.286. The summed E-state index contributed by atoms with van der Waals surface area (Å²) in [4.78, 5) is 24.7. The van der Waals surface area contributed by atoms with Crippen LogP contribution in [0.1, 0.15) is 28.9 Å². The van der Waals surface area contributed by atoms with Crippen molar-refractivity contribution in [1.82, 2.24) is 4.98 Å². The molecule has 2 rings (SSSR count). The average Bonchev–Trinajstić information content (AvgIpc) is 2.76. The van der Waals surface area contributed by atoms with E-state index in [0.29, 0.717) is 29.7 Å². The minimum atomic E-state index is -1.05. The summed E-state index contributed by atoms with van der Waals surface area (Å²) in [5.74, 6) is -1.31. The Labute approximate surface area is 115 Å². The van der Waals surface area contributed by atoms with E-state index in [-0.39, 0.29) is 12.1 Å². The minimum absolute atomic E-state index is 0.00962. The zero-order chi connectivity index (χ0) is 14.7. The zero-order valence-corrected chi connectivity index (χ0v) is 11.0. The Kier molecular flexibility index (Phi) is 3.93. The summed E-state index contributed by atoms with van der Waals surface area (Å²) in [6, 6.07) is 5.25. The van der Waals surface area contributed by atoms with Crippen molar-refractivity contribution in [3.05, 3.63) is 29.5 Å². The van der Waals surface area contributed by atoms with Gasteiger partial charge in [0.15, 0.2) is 0 Å². The van der Waals surface area contributed by atoms with Gasteiger partial charge in [0.1, 0.15) is 11.4 Å². The molecular formula is C14H15NO5. The van der Waals surface area contributed by atoms with E-state index in [1.165, 1.54) is 7.11 Å². The quantitative estimate of drug-likeness (QED) is 0.752. The molecule has 1 heterocycles. The molecule has 3 N–H and O–H groups in total. The summed E-state index contributed by atoms with van der Waals surface area (Å²) < 4.78 is 5.13. The first-order valence-electron chi connectivity index (χ1n) is 6.16. The van der Waals surface area contributed by atoms with Gasteiger partial charge in [-0.2, -0.15) is 0 Å². The highest BCUT2D eigenvalue weighted by atomic mass is 16.5. The summed E-state index contributed by atoms with van der Waals surface area (Å²) in [7, 11) is 1.54. The summed E-state index contributed by atoms with van der Waals surface area (Å²) in [5, 5.41) is 18.7. The van der Waals surface area contributed by atoms with Crippen molar-refractivity contribution in [3.63, 3.8) is 0 Å². The topological polar surface area (TPSA) is 99.6 Å². The number of carboxylic acids is 2. The van der Waals surface area contributed by atoms with E-state index in [2.05, 4.69) is 4.98 Å². The van der Waals surface area contributed by atoms with Gasteiger partial charge in [-0.25, -0.2) is 4.79 Å². The van der Waals surface area contributed by atoms with E-state index >= 15 is 0 Å². The van der Waals surface area contributed by atoms with Gasteiger partial charge < -0.3 is 19.9 Å². The standard InChI is InChI=1S/C14H15NO5/c1-20-8-5-6-11-10(7-8)9(3-2-4-12(16)17)13(15-11)14(18)19/h5-7,15H,2-4H2,1H3,(H,16,17)(H,18,19). The fourth-order valence-electron chi connectivity index (χ4n) is 2.21. The molecule has 0 fully saturated rings. The molecule has 1 aromatic carbocycles. The van der Waals surface area contributed by atoms with E-state index in [1.807, 2.05) is 0 Å². The van der Waals surface area contributed by atoms with Crippen LogP contribution in [0.4, 0.5) is 0 Å². The molecule has 0 saturated carbocycles. The molecule has 0 spiro atoms. The Morgan fingerprint density at radius 1 is 1.30 bits per heavy atom. The molecule has 0 aliphatic rings. The van der Waals surface area contributed by atoms with Gasteiger partial charge in [-0.15, -0.1) is 0 Å². The minimum Gasteiger partial charge on any atom is -0.497 e. The normalized spacial score (nSPS) is 10.7. The molecule has 0 saturated heterocycles. The third kappa shape index (κ3) is 2.74. The van der Waals surface area contributed by atoms with Crippen LogP contribution in [0.15, 0.2) is 18.2 Å². The molecule has 0 aliphatic carbocycles. The molecule has 0 atom stereocenters. The van der Waals surface area contributed by atoms with Gasteiger partial charge in [0.25, 0.3) is 0 Å². The van der Waals surface area contributed by atoms with Gasteiger partial charge in [0, 0.05) is 17.3 Å². The highest BCUT2D eigenvalue weighted by Crippen LogP contribution is 2.28. The van der Waals surface area contributed by atoms with Crippen LogP contribution in [0.3, 0.4) is 0 Å². The lowest BCUT2D eigenvalue weighted by Crippen LogP contribution is -2.02. The summed E-state index contributed by atoms with van der Waals surface area (Å²) >= 11 is 0. The first-order valence-corrected chi connectivity index (χ1v) is 6.16. The van der Waals surface area contributed by atoms with Crippen molar-refractivity contribution in [1.29, 1.82) is 0 Å². The Morgan fingerprint density at radius 2 is 2.05 bits per heavy atom. The van der Waals surface area contributed by atoms with Gasteiger partial charge in [-0.1, -0.05) is 0 Å². The van der Waals surface area contributed by atoms with Gasteiger partial charge in [-0.3, -0.25) is 4.79 Å². The molecule has 106 valence electrons. The number of aromatic carboxylic acids is 1. The Bertz CT molecular complexity index is 659. The fourth-order valence-corrected chi connectivity index (χ4v) is 2.21. The zero-order valence-electron chi connectivity index (χ0n) is 11.0. The third-order valence-corrected chi connectivity index (χ3v) is 3.14. The van der Waals surface area contributed by atoms with Gasteiger partial charge in [-0.05, 0) is 36.6 Å². The first kappa shape index (κ1) is 13.9. The Balaban J connectivity index is 2.43. The van der Waals surface area contributed by atoms with E-state index in [1.54, 1.807) is 18.2 Å². The van der Waals surface area contributed by atoms with Crippen LogP contribution in [0, 0.1) is 0 Å². The van der Waals surface area contributed by atoms with Crippen molar-refractivity contribution in [3.8, 4) is 5.75 Å². The molecule has 0 amide bonds. The highest BCUT2D eigenvalue weighted by Gasteiger charge is 2.17. The second-order valence-electron chi connectivity index (χ2n) is 4.44. The predicted molar refractivity (Wildman–Crippen MR) is 72.4 cm³/mol. The van der Waals surface area contributed by atoms with Crippen LogP contribution >= 0.6 is 0 Å². The van der Waals surface area contributed by atoms with E-state index in [4.69, 9.17) is 9.84 Å². The van der Waals surface area contributed by atoms with Crippen LogP contribution in [-0.4, -0.2) is 34.2 Å². The van der Waals surface area contributed by atoms with Crippen molar-refractivity contribution in [2.45, 2.75) is 19.3 Å². The Morgan fingerprint density at radius 3 is 2.65 bits per heavy atom. The largest absolute Gasteiger partial charge is 0.497 e. The van der Waals surface area contributed by atoms with Crippen molar-refractivity contribution in [2.75, 3.05) is 7.11 Å². The number of carbonyl (C=O) groups is 2. The molecule has 0 unspecified atom stereocenters. The van der Waals surface area contributed by atoms with E-state index in [0.717, 1.165) is 5.39 Å². The second-order valence-corrected chi connectivity index (χ2v) is 4.44. The number of hydrogen-bond acceptors (Lipinski definition) is 3. The van der Waals surface area contributed by atoms with E-state index in [9.17, 15) is 14.7 Å². The molecule has 0 radical (unpaired) electrons. The van der Waals surface area contributed by atoms with Crippen LogP contribution in [0.25, 0.3) is 10.9 Å². The van der Waals surface area contributed by atoms with Crippen molar-refractivity contribution < 1.29 is 24.5 Å². The predicted octanol–water partition coefficient (Wildman–Crippen LogP) is 2.28. The SMILES string of the molecule is COc1ccc2[nH]c(C(=O)O)c(CCCC(=O)O)c2c1. The number of H-pyrrole nitrogens is 1. The number of hydrogen-bond donors (Lipinski definition) is 3. The van der Waals surface area contributed by atoms with Crippen LogP contribution in [0.2, 0.25) is 0 Å². The summed E-state index contributed by atoms with van der Waals surface area (Å²) in [6.07, 6.45) is 0.788. The molecule has 2 aromatic rings. The van der Waals surface area contributed by atoms with Gasteiger partial charge in [0.2, 0.25) is 0 Å². The summed E-state index contributed by atoms with van der Waals surface area (Å²) in [6.45, 7) is 0. The second kappa shape index (κ2) is 5.64. The molecule has 6 heteroatoms. The lowest BCUT2D eigenvalue weighted by Gasteiger charge is -2.02. The maximum atomic E-state index is 11.3. The lowest BCUT2D eigenvalue weighted by molar-refractivity contribution is -0.137. The number of nitrogens with one attached hydrogen (secondary N) is 1. The average molecular weight is 277 g/mol. The van der Waals surface area contributed by atoms with Gasteiger partial charge in [0.05, 0.1) is 7.11 Å². The number of aliphatic carboxylic acids is 1. The van der Waals surface area contributed by atoms with Crippen molar-refractivity contribution >= 4 is 22.8 Å². The number of rotatable bonds is 6. The highest BCUT2D eigenvalue weighted by molar-refractivity contribution is 5.97. The van der Waals surface area contributed by atoms with Crippen molar-refractivity contribution in [2.24, 2.45) is 0 Å². The summed E-state index contributed by atoms with van der Waals surface area (Å²) in [5.41, 5.74) is 1.43. The molecule has 6 nitrogen and oxygen atoms in total. The number of aromatic amines is 1. The number of aryl methyl sites for hydroxylation is 1. The smallest absolute Gasteiger partial charge is 0.352 e. The number of fused-ring (bicyclic) bond motifs is 1. The molecule has 20 heavy (non-hydrogen) atoms. The number of carboxylic acid groups (broad SMARTS) is 2. The number of aromatic nitrogens is 1. The maximum absolute atomic E-state index is 11.3. The molecular weight excluding hydrogens is 262 g/mol. The number of ether oxygens (including phenoxy) is 1. The van der Waals surface area contributed by atoms with Crippen LogP contribution in [0.5, 0.6) is 5.75 Å². The first-order chi connectivity index (χ1) is 9.52. The third-order valence-electron chi connectivity index (χ3n) is 3.14. The monoisotopic (exact) mass is 277 g/mol. The Hall–Kier alpha value is -2.50. The maximum Gasteiger partial charge on any atom is 0.352 e. The molecule has 1 aromatic heterocycles. The van der Waals surface area contributed by atoms with Crippen LogP contribution < -0.4 is 4.74 Å².